The molecule has 2 aromatic heterocycles. The van der Waals surface area contributed by atoms with E-state index in [1.807, 2.05) is 24.4 Å². The van der Waals surface area contributed by atoms with Crippen molar-refractivity contribution in [2.24, 2.45) is 0 Å². The number of rotatable bonds is 7. The van der Waals surface area contributed by atoms with Crippen molar-refractivity contribution in [3.8, 4) is 11.4 Å². The van der Waals surface area contributed by atoms with Crippen molar-refractivity contribution in [3.05, 3.63) is 89.1 Å². The standard InChI is InChI=1S/C26H27N3O/c1-18-9-12-20(13-10-18)17-28-25(30)8-5-6-21-22-16-19(2)11-14-23(22)29-26(21)24-7-3-4-15-27-24/h3-4,7,9-16,29H,5-6,8,17H2,1-2H3,(H,28,30). The number of nitrogens with one attached hydrogen (secondary N) is 2. The van der Waals surface area contributed by atoms with Crippen LogP contribution in [0.5, 0.6) is 0 Å². The number of amides is 1. The first-order valence-corrected chi connectivity index (χ1v) is 10.4. The summed E-state index contributed by atoms with van der Waals surface area (Å²) in [6.45, 7) is 4.74. The Labute approximate surface area is 177 Å². The molecule has 4 aromatic rings. The number of aryl methyl sites for hydroxylation is 3. The predicted octanol–water partition coefficient (Wildman–Crippen LogP) is 5.49. The second-order valence-electron chi connectivity index (χ2n) is 7.86. The van der Waals surface area contributed by atoms with E-state index in [-0.39, 0.29) is 5.91 Å². The number of carbonyl (C=O) groups is 1. The second-order valence-corrected chi connectivity index (χ2v) is 7.86. The molecular weight excluding hydrogens is 370 g/mol. The number of nitrogens with zero attached hydrogens (tertiary/aromatic N) is 1. The molecule has 2 aromatic carbocycles. The van der Waals surface area contributed by atoms with Crippen LogP contribution in [-0.2, 0) is 17.8 Å². The molecule has 0 radical (unpaired) electrons. The Morgan fingerprint density at radius 2 is 1.80 bits per heavy atom. The number of benzene rings is 2. The Hall–Kier alpha value is -3.40. The number of aromatic amines is 1. The molecular formula is C26H27N3O. The normalized spacial score (nSPS) is 11.0. The van der Waals surface area contributed by atoms with Crippen LogP contribution in [0.2, 0.25) is 0 Å². The highest BCUT2D eigenvalue weighted by Crippen LogP contribution is 2.31. The highest BCUT2D eigenvalue weighted by Gasteiger charge is 2.14. The van der Waals surface area contributed by atoms with Gasteiger partial charge in [0.1, 0.15) is 0 Å². The van der Waals surface area contributed by atoms with Crippen LogP contribution in [-0.4, -0.2) is 15.9 Å². The second kappa shape index (κ2) is 8.95. The maximum absolute atomic E-state index is 12.4. The molecule has 0 spiro atoms. The summed E-state index contributed by atoms with van der Waals surface area (Å²) in [6, 6.07) is 20.7. The smallest absolute Gasteiger partial charge is 0.220 e. The molecule has 0 unspecified atom stereocenters. The van der Waals surface area contributed by atoms with Crippen molar-refractivity contribution in [1.82, 2.24) is 15.3 Å². The van der Waals surface area contributed by atoms with Gasteiger partial charge < -0.3 is 10.3 Å². The third-order valence-corrected chi connectivity index (χ3v) is 5.42. The zero-order valence-electron chi connectivity index (χ0n) is 17.5. The zero-order valence-corrected chi connectivity index (χ0v) is 17.5. The number of hydrogen-bond acceptors (Lipinski definition) is 2. The first kappa shape index (κ1) is 19.9. The molecule has 0 saturated carbocycles. The van der Waals surface area contributed by atoms with Gasteiger partial charge in [0.25, 0.3) is 0 Å². The SMILES string of the molecule is Cc1ccc(CNC(=O)CCCc2c(-c3ccccn3)[nH]c3ccc(C)cc23)cc1. The van der Waals surface area contributed by atoms with E-state index in [1.165, 1.54) is 22.1 Å². The highest BCUT2D eigenvalue weighted by molar-refractivity contribution is 5.90. The summed E-state index contributed by atoms with van der Waals surface area (Å²) in [5, 5.41) is 4.25. The predicted molar refractivity (Wildman–Crippen MR) is 122 cm³/mol. The lowest BCUT2D eigenvalue weighted by molar-refractivity contribution is -0.121. The minimum absolute atomic E-state index is 0.0889. The van der Waals surface area contributed by atoms with Crippen LogP contribution >= 0.6 is 0 Å². The van der Waals surface area contributed by atoms with Crippen LogP contribution in [0, 0.1) is 13.8 Å². The van der Waals surface area contributed by atoms with Crippen molar-refractivity contribution < 1.29 is 4.79 Å². The number of H-pyrrole nitrogens is 1. The molecule has 0 bridgehead atoms. The Morgan fingerprint density at radius 3 is 2.57 bits per heavy atom. The van der Waals surface area contributed by atoms with Gasteiger partial charge in [-0.05, 0) is 62.1 Å². The molecule has 2 heterocycles. The maximum Gasteiger partial charge on any atom is 0.220 e. The van der Waals surface area contributed by atoms with Crippen LogP contribution in [0.3, 0.4) is 0 Å². The minimum atomic E-state index is 0.0889. The summed E-state index contributed by atoms with van der Waals surface area (Å²) in [4.78, 5) is 20.4. The van der Waals surface area contributed by atoms with Crippen LogP contribution < -0.4 is 5.32 Å². The Balaban J connectivity index is 1.44. The van der Waals surface area contributed by atoms with Gasteiger partial charge in [-0.3, -0.25) is 9.78 Å². The number of pyridine rings is 1. The van der Waals surface area contributed by atoms with E-state index < -0.39 is 0 Å². The van der Waals surface area contributed by atoms with Crippen molar-refractivity contribution in [3.63, 3.8) is 0 Å². The summed E-state index contributed by atoms with van der Waals surface area (Å²) in [7, 11) is 0. The third kappa shape index (κ3) is 4.60. The molecule has 0 aliphatic rings. The van der Waals surface area contributed by atoms with Gasteiger partial charge in [-0.25, -0.2) is 0 Å². The molecule has 4 rings (SSSR count). The van der Waals surface area contributed by atoms with E-state index in [2.05, 4.69) is 71.6 Å². The Bertz CT molecular complexity index is 1140. The van der Waals surface area contributed by atoms with E-state index in [1.54, 1.807) is 0 Å². The van der Waals surface area contributed by atoms with E-state index in [0.29, 0.717) is 13.0 Å². The summed E-state index contributed by atoms with van der Waals surface area (Å²) in [5.41, 5.74) is 7.91. The Morgan fingerprint density at radius 1 is 1.00 bits per heavy atom. The first-order chi connectivity index (χ1) is 14.6. The van der Waals surface area contributed by atoms with Crippen molar-refractivity contribution in [1.29, 1.82) is 0 Å². The van der Waals surface area contributed by atoms with Gasteiger partial charge in [-0.15, -0.1) is 0 Å². The molecule has 0 fully saturated rings. The van der Waals surface area contributed by atoms with Crippen LogP contribution in [0.4, 0.5) is 0 Å². The molecule has 2 N–H and O–H groups in total. The van der Waals surface area contributed by atoms with Gasteiger partial charge in [0.05, 0.1) is 11.4 Å². The lowest BCUT2D eigenvalue weighted by Gasteiger charge is -2.07. The number of carbonyl (C=O) groups excluding carboxylic acids is 1. The highest BCUT2D eigenvalue weighted by atomic mass is 16.1. The van der Waals surface area contributed by atoms with Crippen LogP contribution in [0.15, 0.2) is 66.9 Å². The van der Waals surface area contributed by atoms with E-state index in [9.17, 15) is 4.79 Å². The Kier molecular flexibility index (Phi) is 5.94. The summed E-state index contributed by atoms with van der Waals surface area (Å²) in [6.07, 6.45) is 3.94. The third-order valence-electron chi connectivity index (χ3n) is 5.42. The average molecular weight is 398 g/mol. The molecule has 4 heteroatoms. The van der Waals surface area contributed by atoms with E-state index in [0.717, 1.165) is 35.3 Å². The number of fused-ring (bicyclic) bond motifs is 1. The lowest BCUT2D eigenvalue weighted by atomic mass is 10.0. The van der Waals surface area contributed by atoms with Gasteiger partial charge >= 0.3 is 0 Å². The first-order valence-electron chi connectivity index (χ1n) is 10.4. The quantitative estimate of drug-likeness (QED) is 0.433. The van der Waals surface area contributed by atoms with E-state index in [4.69, 9.17) is 0 Å². The van der Waals surface area contributed by atoms with Crippen LogP contribution in [0.1, 0.15) is 35.1 Å². The van der Waals surface area contributed by atoms with Gasteiger partial charge in [0.2, 0.25) is 5.91 Å². The number of aromatic nitrogens is 2. The van der Waals surface area contributed by atoms with Gasteiger partial charge in [-0.2, -0.15) is 0 Å². The minimum Gasteiger partial charge on any atom is -0.353 e. The summed E-state index contributed by atoms with van der Waals surface area (Å²) >= 11 is 0. The molecule has 1 amide bonds. The zero-order chi connectivity index (χ0) is 20.9. The maximum atomic E-state index is 12.4. The fourth-order valence-corrected chi connectivity index (χ4v) is 3.77. The van der Waals surface area contributed by atoms with Gasteiger partial charge in [-0.1, -0.05) is 47.5 Å². The van der Waals surface area contributed by atoms with Crippen molar-refractivity contribution >= 4 is 16.8 Å². The van der Waals surface area contributed by atoms with Crippen molar-refractivity contribution in [2.45, 2.75) is 39.7 Å². The lowest BCUT2D eigenvalue weighted by Crippen LogP contribution is -2.22. The molecule has 0 aliphatic heterocycles. The topological polar surface area (TPSA) is 57.8 Å². The number of hydrogen-bond donors (Lipinski definition) is 2. The molecule has 0 aliphatic carbocycles. The summed E-state index contributed by atoms with van der Waals surface area (Å²) in [5.74, 6) is 0.0889. The summed E-state index contributed by atoms with van der Waals surface area (Å²) < 4.78 is 0. The molecule has 4 nitrogen and oxygen atoms in total. The molecule has 0 atom stereocenters. The van der Waals surface area contributed by atoms with Crippen molar-refractivity contribution in [2.75, 3.05) is 0 Å². The van der Waals surface area contributed by atoms with E-state index >= 15 is 0 Å². The van der Waals surface area contributed by atoms with Gasteiger partial charge in [0, 0.05) is 30.1 Å². The molecule has 0 saturated heterocycles. The van der Waals surface area contributed by atoms with Crippen LogP contribution in [0.25, 0.3) is 22.3 Å². The fourth-order valence-electron chi connectivity index (χ4n) is 3.77. The molecule has 152 valence electrons. The largest absolute Gasteiger partial charge is 0.353 e. The average Bonchev–Trinajstić information content (AvgIpc) is 3.12. The monoisotopic (exact) mass is 397 g/mol. The molecule has 30 heavy (non-hydrogen) atoms. The fraction of sp³-hybridized carbons (Fsp3) is 0.231. The van der Waals surface area contributed by atoms with Gasteiger partial charge in [0.15, 0.2) is 0 Å².